The molecule has 12 rings (SSSR count). The number of aliphatic hydroxyl groups excluding tert-OH is 6. The van der Waals surface area contributed by atoms with Crippen LogP contribution in [-0.4, -0.2) is 191 Å². The number of aromatic hydroxyl groups is 3. The van der Waals surface area contributed by atoms with E-state index in [0.29, 0.717) is 0 Å². The number of carboxylic acid groups (broad SMARTS) is 1. The number of benzene rings is 5. The number of nitrogens with one attached hydrogen (secondary N) is 7. The Hall–Kier alpha value is -8.91. The second-order valence-electron chi connectivity index (χ2n) is 25.7. The van der Waals surface area contributed by atoms with Crippen molar-refractivity contribution in [2.75, 3.05) is 13.7 Å². The molecule has 2 saturated heterocycles. The molecule has 2 fully saturated rings. The molecule has 0 aromatic heterocycles. The van der Waals surface area contributed by atoms with Gasteiger partial charge in [0.2, 0.25) is 53.4 Å². The van der Waals surface area contributed by atoms with Gasteiger partial charge in [0.25, 0.3) is 0 Å². The molecule has 7 aliphatic rings. The number of carboxylic acids is 1. The van der Waals surface area contributed by atoms with Crippen molar-refractivity contribution in [3.63, 3.8) is 0 Å². The van der Waals surface area contributed by atoms with Crippen molar-refractivity contribution in [3.05, 3.63) is 117 Å². The first-order valence-corrected chi connectivity index (χ1v) is 32.4. The number of likely N-dealkylation sites (N-methyl/N-ethyl adjacent to an activating group) is 1. The molecule has 5 aromatic rings. The second kappa shape index (κ2) is 31.4. The van der Waals surface area contributed by atoms with Gasteiger partial charge in [-0.15, -0.1) is 12.4 Å². The van der Waals surface area contributed by atoms with Gasteiger partial charge < -0.3 is 128 Å². The predicted molar refractivity (Wildman–Crippen MR) is 357 cm³/mol. The van der Waals surface area contributed by atoms with E-state index in [9.17, 15) is 75.0 Å². The van der Waals surface area contributed by atoms with Crippen molar-refractivity contribution < 1.29 is 118 Å². The first-order valence-electron chi connectivity index (χ1n) is 31.6. The molecule has 5 aromatic carbocycles. The zero-order valence-corrected chi connectivity index (χ0v) is 57.1. The number of nitrogens with two attached hydrogens (primary N) is 2. The molecule has 21 N–H and O–H groups in total. The van der Waals surface area contributed by atoms with Crippen LogP contribution in [-0.2, 0) is 52.6 Å². The van der Waals surface area contributed by atoms with Gasteiger partial charge in [0.15, 0.2) is 29.9 Å². The monoisotopic (exact) mass is 1480 g/mol. The Bertz CT molecular complexity index is 4080. The minimum absolute atomic E-state index is 0. The van der Waals surface area contributed by atoms with Crippen LogP contribution < -0.4 is 62.9 Å². The summed E-state index contributed by atoms with van der Waals surface area (Å²) in [5.74, 6) is -16.0. The van der Waals surface area contributed by atoms with Gasteiger partial charge in [-0.2, -0.15) is 0 Å². The zero-order chi connectivity index (χ0) is 73.5. The third-order valence-electron chi connectivity index (χ3n) is 17.8. The van der Waals surface area contributed by atoms with Gasteiger partial charge in [-0.1, -0.05) is 55.2 Å². The van der Waals surface area contributed by atoms with E-state index in [1.54, 1.807) is 0 Å². The Morgan fingerprint density at radius 1 is 0.716 bits per heavy atom. The summed E-state index contributed by atoms with van der Waals surface area (Å²) in [5, 5.41) is 131. The molecule has 0 radical (unpaired) electrons. The Morgan fingerprint density at radius 2 is 1.31 bits per heavy atom. The third kappa shape index (κ3) is 16.3. The van der Waals surface area contributed by atoms with Crippen molar-refractivity contribution in [2.24, 2.45) is 17.4 Å². The summed E-state index contributed by atoms with van der Waals surface area (Å²) < 4.78 is 38.3. The summed E-state index contributed by atoms with van der Waals surface area (Å²) in [6.45, 7) is 5.66. The summed E-state index contributed by atoms with van der Waals surface area (Å²) in [6.07, 6.45) is -18.6. The van der Waals surface area contributed by atoms with Gasteiger partial charge in [-0.05, 0) is 110 Å². The van der Waals surface area contributed by atoms with E-state index in [-0.39, 0.29) is 58.6 Å². The van der Waals surface area contributed by atoms with Crippen LogP contribution >= 0.6 is 35.6 Å². The topological polar surface area (TPSA) is 530 Å². The second-order valence-corrected chi connectivity index (χ2v) is 26.5. The Kier molecular flexibility index (Phi) is 23.8. The first-order chi connectivity index (χ1) is 47.7. The quantitative estimate of drug-likeness (QED) is 0.0764. The van der Waals surface area contributed by atoms with E-state index in [0.717, 1.165) is 66.7 Å². The Morgan fingerprint density at radius 3 is 1.89 bits per heavy atom. The number of phenolic OH excluding ortho intramolecular Hbond substituents is 3. The predicted octanol–water partition coefficient (Wildman–Crippen LogP) is 0.528. The fourth-order valence-electron chi connectivity index (χ4n) is 12.5. The molecule has 7 amide bonds. The minimum atomic E-state index is -2.35. The molecule has 7 aliphatic heterocycles. The maximum Gasteiger partial charge on any atom is 0.330 e. The molecule has 18 atom stereocenters. The van der Waals surface area contributed by atoms with Crippen LogP contribution in [0, 0.1) is 5.92 Å². The van der Waals surface area contributed by atoms with Crippen molar-refractivity contribution >= 4 is 82.9 Å². The molecule has 36 heteroatoms. The SMILES string of the molecule is CN[C@H](CC(C)C)C(=O)N[C@H]1C(=O)N[C@@H](CC(N)=O)C(=O)N[C@H]2C(=O)NC3C(=O)N[C@H](C(=O)N[C@H](C(=O)O)c4cc(O)cc(O)c4-c4cc3ccc4O)[C@H](O)c3ccc(c(Cl)c3)Oc3cc2cc(c3O[C@@H]2OC(CO)C(O)C(O)[C@H]2O[C@H]2C[C@](C)(N)[C@H](O)[C@H](C)O2)Oc2ccc(cc2Cl)[C@H]1O.Cl. The van der Waals surface area contributed by atoms with Crippen LogP contribution in [0.15, 0.2) is 78.9 Å². The number of hydrogen-bond donors (Lipinski definition) is 19. The number of primary amides is 1. The minimum Gasteiger partial charge on any atom is -0.508 e. The lowest BCUT2D eigenvalue weighted by Gasteiger charge is -2.47. The standard InChI is InChI=1S/C66H75Cl2N9O24.ClH/c1-23(2)12-34(71-5)58(88)76-49-51(83)26-7-10-38(32(67)14-26)97-40-16-28-17-41(55(40)101-65-56(54(86)53(85)42(22-78)99-65)100-44-21-66(4,70)57(87)24(3)96-44)98-39-11-8-27(15-33(39)68)52(84)50-63(93)75-48(64(94)95)31-18-29(79)19-37(81)45(31)30-13-25(6-9-36(30)80)46(60(90)77-50)74-61(91)47(28)73-59(89)35(20-43(69)82)72-62(49)92;/h6-11,13-19,23-24,34-35,42,44,46-54,56-57,65,71,78-81,83-87H,12,20-22,70H2,1-5H3,(H2,69,82)(H,72,92)(H,73,89)(H,74,91)(H,75,93)(H,76,88)(H,77,90)(H,94,95);1H/t24-,34+,35-,42?,44-,46?,47+,48-,49+,50-,51+,52+,53?,54?,56+,57+,65-,66-;/m0./s1. The molecule has 0 spiro atoms. The smallest absolute Gasteiger partial charge is 0.330 e. The third-order valence-corrected chi connectivity index (χ3v) is 18.4. The number of halogens is 3. The number of carbonyl (C=O) groups excluding carboxylic acids is 7. The van der Waals surface area contributed by atoms with Gasteiger partial charge in [0.1, 0.15) is 89.5 Å². The summed E-state index contributed by atoms with van der Waals surface area (Å²) in [4.78, 5) is 117. The average Bonchev–Trinajstić information content (AvgIpc) is 0.773. The van der Waals surface area contributed by atoms with Crippen LogP contribution in [0.5, 0.6) is 46.0 Å². The highest BCUT2D eigenvalue weighted by atomic mass is 35.5. The molecule has 102 heavy (non-hydrogen) atoms. The highest BCUT2D eigenvalue weighted by molar-refractivity contribution is 6.32. The van der Waals surface area contributed by atoms with Gasteiger partial charge in [0.05, 0.1) is 41.3 Å². The summed E-state index contributed by atoms with van der Waals surface area (Å²) in [7, 11) is 1.47. The maximum absolute atomic E-state index is 16.0. The van der Waals surface area contributed by atoms with E-state index < -0.39 is 237 Å². The Balaban J connectivity index is 0.0000121. The molecule has 4 unspecified atom stereocenters. The van der Waals surface area contributed by atoms with Crippen LogP contribution in [0.25, 0.3) is 11.1 Å². The number of ether oxygens (including phenoxy) is 6. The zero-order valence-electron chi connectivity index (χ0n) is 54.7. The van der Waals surface area contributed by atoms with Crippen molar-refractivity contribution in [1.82, 2.24) is 37.2 Å². The summed E-state index contributed by atoms with van der Waals surface area (Å²) in [6, 6.07) is -0.679. The maximum atomic E-state index is 16.0. The van der Waals surface area contributed by atoms with Gasteiger partial charge >= 0.3 is 5.97 Å². The van der Waals surface area contributed by atoms with E-state index >= 15 is 14.4 Å². The summed E-state index contributed by atoms with van der Waals surface area (Å²) in [5.41, 5.74) is 8.00. The number of phenols is 3. The van der Waals surface area contributed by atoms with E-state index in [4.69, 9.17) is 63.1 Å². The number of aliphatic hydroxyl groups is 6. The fourth-order valence-corrected chi connectivity index (χ4v) is 12.9. The molecular formula is C66H76Cl3N9O24. The lowest BCUT2D eigenvalue weighted by Crippen LogP contribution is -2.64. The number of carbonyl (C=O) groups is 8. The normalized spacial score (nSPS) is 29.1. The van der Waals surface area contributed by atoms with E-state index in [2.05, 4.69) is 37.2 Å². The lowest BCUT2D eigenvalue weighted by molar-refractivity contribution is -0.333. The molecule has 7 heterocycles. The average molecular weight is 1490 g/mol. The van der Waals surface area contributed by atoms with Crippen molar-refractivity contribution in [2.45, 2.75) is 156 Å². The van der Waals surface area contributed by atoms with E-state index in [1.165, 1.54) is 33.0 Å². The van der Waals surface area contributed by atoms with Gasteiger partial charge in [-0.25, -0.2) is 4.79 Å². The number of rotatable bonds is 13. The number of amides is 7. The molecule has 550 valence electrons. The summed E-state index contributed by atoms with van der Waals surface area (Å²) >= 11 is 14.1. The molecule has 11 bridgehead atoms. The van der Waals surface area contributed by atoms with Gasteiger partial charge in [0, 0.05) is 34.7 Å². The van der Waals surface area contributed by atoms with Crippen molar-refractivity contribution in [1.29, 1.82) is 0 Å². The lowest BCUT2D eigenvalue weighted by atomic mass is 9.86. The van der Waals surface area contributed by atoms with Crippen molar-refractivity contribution in [3.8, 4) is 57.1 Å². The largest absolute Gasteiger partial charge is 0.508 e. The highest BCUT2D eigenvalue weighted by Crippen LogP contribution is 2.50. The number of aliphatic carboxylic acids is 1. The highest BCUT2D eigenvalue weighted by Gasteiger charge is 2.51. The molecule has 33 nitrogen and oxygen atoms in total. The number of fused-ring (bicyclic) bond motifs is 15. The van der Waals surface area contributed by atoms with Crippen LogP contribution in [0.3, 0.4) is 0 Å². The van der Waals surface area contributed by atoms with Gasteiger partial charge in [-0.3, -0.25) is 33.6 Å². The van der Waals surface area contributed by atoms with Crippen LogP contribution in [0.2, 0.25) is 10.0 Å². The Labute approximate surface area is 596 Å². The number of hydrogen-bond acceptors (Lipinski definition) is 25. The fraction of sp³-hybridized carbons (Fsp3) is 0.424. The molecule has 0 saturated carbocycles. The van der Waals surface area contributed by atoms with E-state index in [1.807, 2.05) is 13.8 Å². The first kappa shape index (κ1) is 77.3. The van der Waals surface area contributed by atoms with Crippen LogP contribution in [0.1, 0.15) is 105 Å². The molecule has 0 aliphatic carbocycles. The van der Waals surface area contributed by atoms with Crippen LogP contribution in [0.4, 0.5) is 0 Å². The molecular weight excluding hydrogens is 1410 g/mol.